The van der Waals surface area contributed by atoms with E-state index in [4.69, 9.17) is 5.73 Å². The number of nitrogens with one attached hydrogen (secondary N) is 1. The molecule has 1 aromatic heterocycles. The van der Waals surface area contributed by atoms with Gasteiger partial charge in [-0.3, -0.25) is 14.7 Å². The molecule has 1 aromatic rings. The molecule has 1 fully saturated rings. The minimum absolute atomic E-state index is 0.0729. The zero-order chi connectivity index (χ0) is 12.3. The van der Waals surface area contributed by atoms with E-state index in [-0.39, 0.29) is 18.0 Å². The molecule has 5 heteroatoms. The monoisotopic (exact) mass is 234 g/mol. The smallest absolute Gasteiger partial charge is 0.237 e. The van der Waals surface area contributed by atoms with E-state index in [1.807, 2.05) is 19.1 Å². The van der Waals surface area contributed by atoms with E-state index in [2.05, 4.69) is 15.2 Å². The number of nitrogens with two attached hydrogens (primary N) is 1. The maximum absolute atomic E-state index is 11.7. The van der Waals surface area contributed by atoms with Crippen LogP contribution in [0.15, 0.2) is 24.5 Å². The van der Waals surface area contributed by atoms with Gasteiger partial charge in [0.1, 0.15) is 0 Å². The predicted octanol–water partition coefficient (Wildman–Crippen LogP) is -0.0983. The van der Waals surface area contributed by atoms with Crippen LogP contribution in [0.5, 0.6) is 0 Å². The highest BCUT2D eigenvalue weighted by Crippen LogP contribution is 2.22. The van der Waals surface area contributed by atoms with Crippen molar-refractivity contribution in [3.05, 3.63) is 30.1 Å². The number of amides is 1. The van der Waals surface area contributed by atoms with Crippen molar-refractivity contribution in [3.63, 3.8) is 0 Å². The maximum Gasteiger partial charge on any atom is 0.237 e. The Morgan fingerprint density at radius 3 is 2.94 bits per heavy atom. The van der Waals surface area contributed by atoms with Gasteiger partial charge >= 0.3 is 0 Å². The molecular weight excluding hydrogens is 216 g/mol. The molecule has 1 aliphatic heterocycles. The minimum atomic E-state index is -0.134. The van der Waals surface area contributed by atoms with E-state index in [1.54, 1.807) is 12.4 Å². The summed E-state index contributed by atoms with van der Waals surface area (Å²) in [6.45, 7) is 3.93. The van der Waals surface area contributed by atoms with Crippen LogP contribution in [0.1, 0.15) is 18.5 Å². The fourth-order valence-corrected chi connectivity index (χ4v) is 2.27. The molecular formula is C12H18N4O. The number of carbonyl (C=O) groups excluding carboxylic acids is 1. The fraction of sp³-hybridized carbons (Fsp3) is 0.500. The van der Waals surface area contributed by atoms with Gasteiger partial charge in [-0.15, -0.1) is 0 Å². The molecule has 17 heavy (non-hydrogen) atoms. The van der Waals surface area contributed by atoms with Gasteiger partial charge in [0.15, 0.2) is 0 Å². The lowest BCUT2D eigenvalue weighted by atomic mass is 10.0. The fourth-order valence-electron chi connectivity index (χ4n) is 2.27. The Morgan fingerprint density at radius 2 is 2.29 bits per heavy atom. The Labute approximate surface area is 101 Å². The van der Waals surface area contributed by atoms with Gasteiger partial charge in [-0.25, -0.2) is 0 Å². The summed E-state index contributed by atoms with van der Waals surface area (Å²) in [6.07, 6.45) is 3.51. The van der Waals surface area contributed by atoms with Gasteiger partial charge in [0.2, 0.25) is 5.91 Å². The molecule has 0 saturated carbocycles. The van der Waals surface area contributed by atoms with Crippen LogP contribution in [0.3, 0.4) is 0 Å². The van der Waals surface area contributed by atoms with Gasteiger partial charge in [0.25, 0.3) is 0 Å². The second kappa shape index (κ2) is 5.25. The largest absolute Gasteiger partial charge is 0.353 e. The molecule has 0 bridgehead atoms. The maximum atomic E-state index is 11.7. The SMILES string of the molecule is CC1C(=O)NCCN1C(CN)c1ccncc1. The average Bonchev–Trinajstić information content (AvgIpc) is 2.37. The normalized spacial score (nSPS) is 23.2. The van der Waals surface area contributed by atoms with Crippen molar-refractivity contribution < 1.29 is 4.79 Å². The summed E-state index contributed by atoms with van der Waals surface area (Å²) < 4.78 is 0. The zero-order valence-electron chi connectivity index (χ0n) is 9.97. The van der Waals surface area contributed by atoms with Crippen molar-refractivity contribution in [3.8, 4) is 0 Å². The molecule has 2 unspecified atom stereocenters. The van der Waals surface area contributed by atoms with Crippen molar-refractivity contribution in [1.29, 1.82) is 0 Å². The summed E-state index contributed by atoms with van der Waals surface area (Å²) in [5.41, 5.74) is 6.96. The quantitative estimate of drug-likeness (QED) is 0.766. The Balaban J connectivity index is 2.21. The Morgan fingerprint density at radius 1 is 1.59 bits per heavy atom. The lowest BCUT2D eigenvalue weighted by Crippen LogP contribution is -2.55. The topological polar surface area (TPSA) is 71.2 Å². The first-order valence-electron chi connectivity index (χ1n) is 5.87. The molecule has 0 aromatic carbocycles. The lowest BCUT2D eigenvalue weighted by molar-refractivity contribution is -0.129. The predicted molar refractivity (Wildman–Crippen MR) is 65.2 cm³/mol. The third-order valence-corrected chi connectivity index (χ3v) is 3.26. The minimum Gasteiger partial charge on any atom is -0.353 e. The van der Waals surface area contributed by atoms with E-state index in [0.29, 0.717) is 13.1 Å². The third kappa shape index (κ3) is 2.45. The average molecular weight is 234 g/mol. The summed E-state index contributed by atoms with van der Waals surface area (Å²) in [5.74, 6) is 0.0729. The second-order valence-corrected chi connectivity index (χ2v) is 4.24. The number of aromatic nitrogens is 1. The molecule has 2 rings (SSSR count). The van der Waals surface area contributed by atoms with E-state index in [9.17, 15) is 4.79 Å². The van der Waals surface area contributed by atoms with Crippen molar-refractivity contribution >= 4 is 5.91 Å². The summed E-state index contributed by atoms with van der Waals surface area (Å²) in [7, 11) is 0. The molecule has 1 aliphatic rings. The molecule has 92 valence electrons. The number of carbonyl (C=O) groups is 1. The highest BCUT2D eigenvalue weighted by molar-refractivity contribution is 5.82. The Kier molecular flexibility index (Phi) is 3.71. The molecule has 5 nitrogen and oxygen atoms in total. The zero-order valence-corrected chi connectivity index (χ0v) is 9.97. The van der Waals surface area contributed by atoms with Gasteiger partial charge in [0, 0.05) is 38.1 Å². The third-order valence-electron chi connectivity index (χ3n) is 3.26. The number of hydrogen-bond acceptors (Lipinski definition) is 4. The van der Waals surface area contributed by atoms with E-state index >= 15 is 0 Å². The second-order valence-electron chi connectivity index (χ2n) is 4.24. The summed E-state index contributed by atoms with van der Waals surface area (Å²) in [5, 5.41) is 2.86. The number of piperazine rings is 1. The standard InChI is InChI=1S/C12H18N4O/c1-9-12(17)15-6-7-16(9)11(8-13)10-2-4-14-5-3-10/h2-5,9,11H,6-8,13H2,1H3,(H,15,17). The van der Waals surface area contributed by atoms with Gasteiger partial charge in [-0.1, -0.05) is 0 Å². The van der Waals surface area contributed by atoms with Crippen LogP contribution < -0.4 is 11.1 Å². The van der Waals surface area contributed by atoms with Crippen LogP contribution in [0.2, 0.25) is 0 Å². The molecule has 0 spiro atoms. The first kappa shape index (κ1) is 12.0. The first-order valence-corrected chi connectivity index (χ1v) is 5.87. The van der Waals surface area contributed by atoms with E-state index < -0.39 is 0 Å². The van der Waals surface area contributed by atoms with Crippen molar-refractivity contribution in [2.75, 3.05) is 19.6 Å². The van der Waals surface area contributed by atoms with Crippen molar-refractivity contribution in [2.45, 2.75) is 19.0 Å². The Hall–Kier alpha value is -1.46. The van der Waals surface area contributed by atoms with Crippen LogP contribution in [0, 0.1) is 0 Å². The highest BCUT2D eigenvalue weighted by Gasteiger charge is 2.31. The van der Waals surface area contributed by atoms with Crippen LogP contribution >= 0.6 is 0 Å². The van der Waals surface area contributed by atoms with E-state index in [0.717, 1.165) is 12.1 Å². The van der Waals surface area contributed by atoms with Crippen LogP contribution in [-0.2, 0) is 4.79 Å². The van der Waals surface area contributed by atoms with Gasteiger partial charge in [-0.2, -0.15) is 0 Å². The molecule has 0 aliphatic carbocycles. The Bertz CT molecular complexity index is 381. The lowest BCUT2D eigenvalue weighted by Gasteiger charge is -2.38. The van der Waals surface area contributed by atoms with Crippen molar-refractivity contribution in [1.82, 2.24) is 15.2 Å². The van der Waals surface area contributed by atoms with Gasteiger partial charge in [-0.05, 0) is 24.6 Å². The number of pyridine rings is 1. The number of nitrogens with zero attached hydrogens (tertiary/aromatic N) is 2. The highest BCUT2D eigenvalue weighted by atomic mass is 16.2. The number of rotatable bonds is 3. The van der Waals surface area contributed by atoms with Crippen LogP contribution in [0.4, 0.5) is 0 Å². The molecule has 2 heterocycles. The van der Waals surface area contributed by atoms with E-state index in [1.165, 1.54) is 0 Å². The summed E-state index contributed by atoms with van der Waals surface area (Å²) in [6, 6.07) is 3.86. The van der Waals surface area contributed by atoms with Gasteiger partial charge in [0.05, 0.1) is 6.04 Å². The molecule has 2 atom stereocenters. The number of hydrogen-bond donors (Lipinski definition) is 2. The molecule has 3 N–H and O–H groups in total. The summed E-state index contributed by atoms with van der Waals surface area (Å²) >= 11 is 0. The molecule has 0 radical (unpaired) electrons. The van der Waals surface area contributed by atoms with Gasteiger partial charge < -0.3 is 11.1 Å². The molecule has 1 saturated heterocycles. The summed E-state index contributed by atoms with van der Waals surface area (Å²) in [4.78, 5) is 17.8. The first-order chi connectivity index (χ1) is 8.24. The van der Waals surface area contributed by atoms with Crippen LogP contribution in [-0.4, -0.2) is 41.5 Å². The van der Waals surface area contributed by atoms with Crippen LogP contribution in [0.25, 0.3) is 0 Å². The van der Waals surface area contributed by atoms with Crippen molar-refractivity contribution in [2.24, 2.45) is 5.73 Å². The molecule has 1 amide bonds.